The summed E-state index contributed by atoms with van der Waals surface area (Å²) >= 11 is 0. The molecule has 2 aliphatic rings. The number of carbonyl (C=O) groups is 1. The standard InChI is InChI=1S/C25H20F3NO4S/c26-25(27,28)19-5-3-4-18(16-19)17-8-10-20(11-9-17)34(31,32)29-14-12-24(13-15-29)22-7-2-1-6-21(22)23(30)33-24/h1-11,16H,12-15H2. The molecule has 0 bridgehead atoms. The second kappa shape index (κ2) is 7.95. The number of hydrogen-bond acceptors (Lipinski definition) is 4. The second-order valence-corrected chi connectivity index (χ2v) is 10.4. The third-order valence-corrected chi connectivity index (χ3v) is 8.38. The first-order chi connectivity index (χ1) is 16.1. The first-order valence-electron chi connectivity index (χ1n) is 10.7. The van der Waals surface area contributed by atoms with Crippen LogP contribution < -0.4 is 0 Å². The van der Waals surface area contributed by atoms with Gasteiger partial charge in [0.2, 0.25) is 10.0 Å². The summed E-state index contributed by atoms with van der Waals surface area (Å²) in [6.45, 7) is 0.360. The van der Waals surface area contributed by atoms with E-state index < -0.39 is 33.3 Å². The Morgan fingerprint density at radius 1 is 0.853 bits per heavy atom. The first-order valence-corrected chi connectivity index (χ1v) is 12.1. The summed E-state index contributed by atoms with van der Waals surface area (Å²) in [5, 5.41) is 0. The number of halogens is 3. The van der Waals surface area contributed by atoms with Crippen LogP contribution in [0.3, 0.4) is 0 Å². The summed E-state index contributed by atoms with van der Waals surface area (Å²) in [6, 6.07) is 17.9. The van der Waals surface area contributed by atoms with Crippen molar-refractivity contribution in [2.75, 3.05) is 13.1 Å². The lowest BCUT2D eigenvalue weighted by atomic mass is 9.84. The van der Waals surface area contributed by atoms with Gasteiger partial charge in [-0.05, 0) is 41.5 Å². The minimum absolute atomic E-state index is 0.0583. The van der Waals surface area contributed by atoms with E-state index in [1.807, 2.05) is 12.1 Å². The fraction of sp³-hybridized carbons (Fsp3) is 0.240. The molecule has 0 atom stereocenters. The summed E-state index contributed by atoms with van der Waals surface area (Å²) in [7, 11) is -3.82. The van der Waals surface area contributed by atoms with Gasteiger partial charge in [0.05, 0.1) is 16.0 Å². The Morgan fingerprint density at radius 3 is 2.21 bits per heavy atom. The van der Waals surface area contributed by atoms with Crippen molar-refractivity contribution in [3.8, 4) is 11.1 Å². The third-order valence-electron chi connectivity index (χ3n) is 6.47. The average Bonchev–Trinajstić information content (AvgIpc) is 3.10. The molecule has 3 aromatic carbocycles. The molecule has 0 N–H and O–H groups in total. The van der Waals surface area contributed by atoms with Gasteiger partial charge in [0.1, 0.15) is 5.60 Å². The number of alkyl halides is 3. The zero-order valence-corrected chi connectivity index (χ0v) is 18.7. The number of sulfonamides is 1. The van der Waals surface area contributed by atoms with E-state index in [1.165, 1.54) is 34.6 Å². The highest BCUT2D eigenvalue weighted by Gasteiger charge is 2.48. The Labute approximate surface area is 194 Å². The number of ether oxygens (including phenoxy) is 1. The average molecular weight is 487 g/mol. The molecule has 0 radical (unpaired) electrons. The van der Waals surface area contributed by atoms with Gasteiger partial charge in [0.25, 0.3) is 0 Å². The molecule has 34 heavy (non-hydrogen) atoms. The topological polar surface area (TPSA) is 63.7 Å². The van der Waals surface area contributed by atoms with Crippen molar-refractivity contribution in [2.24, 2.45) is 0 Å². The van der Waals surface area contributed by atoms with Crippen molar-refractivity contribution in [3.63, 3.8) is 0 Å². The monoisotopic (exact) mass is 487 g/mol. The fourth-order valence-electron chi connectivity index (χ4n) is 4.65. The summed E-state index contributed by atoms with van der Waals surface area (Å²) in [5.74, 6) is -0.392. The van der Waals surface area contributed by atoms with Gasteiger partial charge in [0, 0.05) is 31.5 Å². The lowest BCUT2D eigenvalue weighted by Gasteiger charge is -2.37. The Hall–Kier alpha value is -3.17. The largest absolute Gasteiger partial charge is 0.450 e. The molecular formula is C25H20F3NO4S. The van der Waals surface area contributed by atoms with Crippen molar-refractivity contribution >= 4 is 16.0 Å². The highest BCUT2D eigenvalue weighted by Crippen LogP contribution is 2.44. The number of piperidine rings is 1. The number of esters is 1. The van der Waals surface area contributed by atoms with E-state index in [0.29, 0.717) is 29.5 Å². The minimum Gasteiger partial charge on any atom is -0.450 e. The van der Waals surface area contributed by atoms with Crippen LogP contribution in [0.15, 0.2) is 77.7 Å². The van der Waals surface area contributed by atoms with E-state index in [0.717, 1.165) is 17.7 Å². The Kier molecular flexibility index (Phi) is 5.29. The number of carbonyl (C=O) groups excluding carboxylic acids is 1. The minimum atomic E-state index is -4.46. The van der Waals surface area contributed by atoms with Gasteiger partial charge in [-0.25, -0.2) is 13.2 Å². The van der Waals surface area contributed by atoms with Gasteiger partial charge in [-0.2, -0.15) is 17.5 Å². The molecule has 5 nitrogen and oxygen atoms in total. The molecule has 3 aromatic rings. The Balaban J connectivity index is 1.34. The molecule has 1 spiro atoms. The smallest absolute Gasteiger partial charge is 0.416 e. The van der Waals surface area contributed by atoms with Crippen molar-refractivity contribution < 1.29 is 31.1 Å². The molecule has 0 amide bonds. The van der Waals surface area contributed by atoms with Crippen molar-refractivity contribution in [1.82, 2.24) is 4.31 Å². The van der Waals surface area contributed by atoms with Crippen LogP contribution in [-0.4, -0.2) is 31.8 Å². The van der Waals surface area contributed by atoms with E-state index in [2.05, 4.69) is 0 Å². The van der Waals surface area contributed by atoms with Crippen LogP contribution in [0.1, 0.15) is 34.3 Å². The van der Waals surface area contributed by atoms with Crippen LogP contribution >= 0.6 is 0 Å². The van der Waals surface area contributed by atoms with Crippen LogP contribution in [0.25, 0.3) is 11.1 Å². The Bertz CT molecular complexity index is 1360. The zero-order valence-electron chi connectivity index (χ0n) is 17.9. The molecule has 0 unspecified atom stereocenters. The summed E-state index contributed by atoms with van der Waals surface area (Å²) in [5.41, 5.74) is 0.565. The summed E-state index contributed by atoms with van der Waals surface area (Å²) in [6.07, 6.45) is -3.77. The summed E-state index contributed by atoms with van der Waals surface area (Å²) in [4.78, 5) is 12.3. The van der Waals surface area contributed by atoms with Crippen molar-refractivity contribution in [3.05, 3.63) is 89.5 Å². The van der Waals surface area contributed by atoms with Crippen LogP contribution in [0.2, 0.25) is 0 Å². The molecule has 2 heterocycles. The predicted molar refractivity (Wildman–Crippen MR) is 118 cm³/mol. The zero-order chi connectivity index (χ0) is 24.1. The quantitative estimate of drug-likeness (QED) is 0.475. The molecule has 0 aliphatic carbocycles. The summed E-state index contributed by atoms with van der Waals surface area (Å²) < 4.78 is 72.5. The number of rotatable bonds is 3. The Morgan fingerprint density at radius 2 is 1.53 bits per heavy atom. The van der Waals surface area contributed by atoms with Crippen LogP contribution in [-0.2, 0) is 26.5 Å². The van der Waals surface area contributed by atoms with Gasteiger partial charge in [-0.15, -0.1) is 0 Å². The first kappa shape index (κ1) is 22.6. The normalized spacial score (nSPS) is 18.0. The molecule has 0 saturated carbocycles. The van der Waals surface area contributed by atoms with Crippen molar-refractivity contribution in [1.29, 1.82) is 0 Å². The number of fused-ring (bicyclic) bond motifs is 2. The van der Waals surface area contributed by atoms with Crippen LogP contribution in [0, 0.1) is 0 Å². The van der Waals surface area contributed by atoms with Crippen LogP contribution in [0.5, 0.6) is 0 Å². The maximum Gasteiger partial charge on any atom is 0.416 e. The van der Waals surface area contributed by atoms with E-state index in [-0.39, 0.29) is 18.0 Å². The maximum atomic E-state index is 13.2. The highest BCUT2D eigenvalue weighted by molar-refractivity contribution is 7.89. The fourth-order valence-corrected chi connectivity index (χ4v) is 6.09. The number of nitrogens with zero attached hydrogens (tertiary/aromatic N) is 1. The van der Waals surface area contributed by atoms with Gasteiger partial charge < -0.3 is 4.74 Å². The number of benzene rings is 3. The molecular weight excluding hydrogens is 467 g/mol. The van der Waals surface area contributed by atoms with Gasteiger partial charge in [-0.3, -0.25) is 0 Å². The van der Waals surface area contributed by atoms with Gasteiger partial charge in [-0.1, -0.05) is 42.5 Å². The molecule has 1 fully saturated rings. The SMILES string of the molecule is O=C1OC2(CCN(S(=O)(=O)c3ccc(-c4cccc(C(F)(F)F)c4)cc3)CC2)c2ccccc21. The lowest BCUT2D eigenvalue weighted by Crippen LogP contribution is -2.45. The van der Waals surface area contributed by atoms with E-state index in [9.17, 15) is 26.4 Å². The van der Waals surface area contributed by atoms with Gasteiger partial charge in [0.15, 0.2) is 0 Å². The highest BCUT2D eigenvalue weighted by atomic mass is 32.2. The van der Waals surface area contributed by atoms with E-state index in [1.54, 1.807) is 18.2 Å². The van der Waals surface area contributed by atoms with Crippen LogP contribution in [0.4, 0.5) is 13.2 Å². The molecule has 2 aliphatic heterocycles. The molecule has 0 aromatic heterocycles. The maximum absolute atomic E-state index is 13.2. The molecule has 176 valence electrons. The van der Waals surface area contributed by atoms with E-state index in [4.69, 9.17) is 4.74 Å². The molecule has 9 heteroatoms. The molecule has 5 rings (SSSR count). The second-order valence-electron chi connectivity index (χ2n) is 8.44. The molecule has 1 saturated heterocycles. The lowest BCUT2D eigenvalue weighted by molar-refractivity contribution is -0.137. The number of hydrogen-bond donors (Lipinski definition) is 0. The van der Waals surface area contributed by atoms with Gasteiger partial charge >= 0.3 is 12.1 Å². The van der Waals surface area contributed by atoms with E-state index >= 15 is 0 Å². The predicted octanol–water partition coefficient (Wildman–Crippen LogP) is 5.22. The third kappa shape index (κ3) is 3.78. The van der Waals surface area contributed by atoms with Crippen molar-refractivity contribution in [2.45, 2.75) is 29.5 Å².